The molecule has 2 heteroatoms. The van der Waals surface area contributed by atoms with Crippen LogP contribution in [0.3, 0.4) is 0 Å². The fourth-order valence-corrected chi connectivity index (χ4v) is 1.07. The molecule has 0 aromatic heterocycles. The number of esters is 1. The zero-order valence-corrected chi connectivity index (χ0v) is 8.71. The average Bonchev–Trinajstić information content (AvgIpc) is 2.16. The van der Waals surface area contributed by atoms with Crippen LogP contribution in [0.1, 0.15) is 45.4 Å². The van der Waals surface area contributed by atoms with E-state index < -0.39 is 0 Å². The van der Waals surface area contributed by atoms with Crippen molar-refractivity contribution in [2.24, 2.45) is 0 Å². The quantitative estimate of drug-likeness (QED) is 0.345. The molecule has 0 aromatic carbocycles. The summed E-state index contributed by atoms with van der Waals surface area (Å²) >= 11 is 0. The lowest BCUT2D eigenvalue weighted by Crippen LogP contribution is -1.96. The highest BCUT2D eigenvalue weighted by molar-refractivity contribution is 5.70. The SMILES string of the molecule is CCCCCC/C=C\CC(=O)OC. The minimum Gasteiger partial charge on any atom is -0.469 e. The summed E-state index contributed by atoms with van der Waals surface area (Å²) in [6.45, 7) is 2.20. The van der Waals surface area contributed by atoms with Crippen LogP contribution in [0.5, 0.6) is 0 Å². The van der Waals surface area contributed by atoms with Gasteiger partial charge < -0.3 is 4.74 Å². The first kappa shape index (κ1) is 12.2. The summed E-state index contributed by atoms with van der Waals surface area (Å²) in [6, 6.07) is 0. The molecule has 0 fully saturated rings. The summed E-state index contributed by atoms with van der Waals surface area (Å²) in [5.41, 5.74) is 0. The van der Waals surface area contributed by atoms with Crippen molar-refractivity contribution in [2.75, 3.05) is 7.11 Å². The van der Waals surface area contributed by atoms with E-state index in [0.29, 0.717) is 6.42 Å². The highest BCUT2D eigenvalue weighted by Gasteiger charge is 1.92. The summed E-state index contributed by atoms with van der Waals surface area (Å²) < 4.78 is 4.51. The highest BCUT2D eigenvalue weighted by atomic mass is 16.5. The van der Waals surface area contributed by atoms with E-state index in [9.17, 15) is 4.79 Å². The molecule has 0 amide bonds. The molecule has 2 nitrogen and oxygen atoms in total. The van der Waals surface area contributed by atoms with E-state index in [-0.39, 0.29) is 5.97 Å². The van der Waals surface area contributed by atoms with Crippen LogP contribution in [0.15, 0.2) is 12.2 Å². The smallest absolute Gasteiger partial charge is 0.309 e. The maximum Gasteiger partial charge on any atom is 0.309 e. The van der Waals surface area contributed by atoms with Gasteiger partial charge in [0.15, 0.2) is 0 Å². The largest absolute Gasteiger partial charge is 0.469 e. The topological polar surface area (TPSA) is 26.3 Å². The van der Waals surface area contributed by atoms with Gasteiger partial charge in [0.25, 0.3) is 0 Å². The van der Waals surface area contributed by atoms with Gasteiger partial charge in [0.05, 0.1) is 13.5 Å². The van der Waals surface area contributed by atoms with Gasteiger partial charge in [0.2, 0.25) is 0 Å². The molecule has 0 bridgehead atoms. The molecule has 0 N–H and O–H groups in total. The molecule has 0 saturated heterocycles. The lowest BCUT2D eigenvalue weighted by atomic mass is 10.1. The van der Waals surface area contributed by atoms with Crippen molar-refractivity contribution < 1.29 is 9.53 Å². The molecule has 0 unspecified atom stereocenters. The number of rotatable bonds is 7. The van der Waals surface area contributed by atoms with Gasteiger partial charge in [-0.1, -0.05) is 38.3 Å². The van der Waals surface area contributed by atoms with Crippen molar-refractivity contribution in [3.63, 3.8) is 0 Å². The predicted octanol–water partition coefficient (Wildman–Crippen LogP) is 3.08. The van der Waals surface area contributed by atoms with Crippen LogP contribution in [-0.4, -0.2) is 13.1 Å². The standard InChI is InChI=1S/C11H20O2/c1-3-4-5-6-7-8-9-10-11(12)13-2/h8-9H,3-7,10H2,1-2H3/b9-8-. The van der Waals surface area contributed by atoms with Gasteiger partial charge in [0, 0.05) is 0 Å². The van der Waals surface area contributed by atoms with Crippen molar-refractivity contribution >= 4 is 5.97 Å². The van der Waals surface area contributed by atoms with Gasteiger partial charge in [-0.25, -0.2) is 0 Å². The Bertz CT molecular complexity index is 150. The summed E-state index contributed by atoms with van der Waals surface area (Å²) in [5, 5.41) is 0. The van der Waals surface area contributed by atoms with Gasteiger partial charge in [-0.05, 0) is 12.8 Å². The number of unbranched alkanes of at least 4 members (excludes halogenated alkanes) is 4. The van der Waals surface area contributed by atoms with E-state index in [1.807, 2.05) is 6.08 Å². The van der Waals surface area contributed by atoms with Gasteiger partial charge >= 0.3 is 5.97 Å². The Morgan fingerprint density at radius 1 is 1.23 bits per heavy atom. The highest BCUT2D eigenvalue weighted by Crippen LogP contribution is 2.03. The number of carbonyl (C=O) groups is 1. The van der Waals surface area contributed by atoms with E-state index in [0.717, 1.165) is 6.42 Å². The third-order valence-corrected chi connectivity index (χ3v) is 1.90. The summed E-state index contributed by atoms with van der Waals surface area (Å²) in [7, 11) is 1.41. The Kier molecular flexibility index (Phi) is 8.73. The third kappa shape index (κ3) is 9.12. The predicted molar refractivity (Wildman–Crippen MR) is 54.5 cm³/mol. The van der Waals surface area contributed by atoms with Crippen LogP contribution in [-0.2, 0) is 9.53 Å². The van der Waals surface area contributed by atoms with E-state index in [2.05, 4.69) is 17.7 Å². The fourth-order valence-electron chi connectivity index (χ4n) is 1.07. The average molecular weight is 184 g/mol. The molecule has 76 valence electrons. The number of hydrogen-bond donors (Lipinski definition) is 0. The van der Waals surface area contributed by atoms with Gasteiger partial charge in [-0.15, -0.1) is 0 Å². The summed E-state index contributed by atoms with van der Waals surface area (Å²) in [5.74, 6) is -0.162. The normalized spacial score (nSPS) is 10.6. The van der Waals surface area contributed by atoms with Crippen LogP contribution in [0.4, 0.5) is 0 Å². The molecule has 0 spiro atoms. The van der Waals surface area contributed by atoms with Crippen LogP contribution in [0.25, 0.3) is 0 Å². The molecule has 0 heterocycles. The molecule has 0 radical (unpaired) electrons. The van der Waals surface area contributed by atoms with Crippen LogP contribution < -0.4 is 0 Å². The van der Waals surface area contributed by atoms with Crippen molar-refractivity contribution in [3.05, 3.63) is 12.2 Å². The second-order valence-electron chi connectivity index (χ2n) is 3.10. The van der Waals surface area contributed by atoms with E-state index in [4.69, 9.17) is 0 Å². The van der Waals surface area contributed by atoms with Gasteiger partial charge in [-0.3, -0.25) is 4.79 Å². The minimum absolute atomic E-state index is 0.162. The number of carbonyl (C=O) groups excluding carboxylic acids is 1. The van der Waals surface area contributed by atoms with E-state index >= 15 is 0 Å². The molecule has 13 heavy (non-hydrogen) atoms. The Hall–Kier alpha value is -0.790. The third-order valence-electron chi connectivity index (χ3n) is 1.90. The molecule has 0 saturated carbocycles. The second kappa shape index (κ2) is 9.30. The monoisotopic (exact) mass is 184 g/mol. The number of ether oxygens (including phenoxy) is 1. The molecular weight excluding hydrogens is 164 g/mol. The van der Waals surface area contributed by atoms with Crippen molar-refractivity contribution in [3.8, 4) is 0 Å². The lowest BCUT2D eigenvalue weighted by molar-refractivity contribution is -0.139. The van der Waals surface area contributed by atoms with Crippen molar-refractivity contribution in [1.82, 2.24) is 0 Å². The summed E-state index contributed by atoms with van der Waals surface area (Å²) in [6.07, 6.45) is 10.5. The van der Waals surface area contributed by atoms with E-state index in [1.165, 1.54) is 32.8 Å². The lowest BCUT2D eigenvalue weighted by Gasteiger charge is -1.94. The van der Waals surface area contributed by atoms with Crippen molar-refractivity contribution in [1.29, 1.82) is 0 Å². The number of methoxy groups -OCH3 is 1. The van der Waals surface area contributed by atoms with Crippen LogP contribution in [0, 0.1) is 0 Å². The Balaban J connectivity index is 3.17. The summed E-state index contributed by atoms with van der Waals surface area (Å²) in [4.78, 5) is 10.7. The first-order valence-corrected chi connectivity index (χ1v) is 5.03. The number of allylic oxidation sites excluding steroid dienone is 1. The first-order chi connectivity index (χ1) is 6.31. The van der Waals surface area contributed by atoms with Gasteiger partial charge in [0.1, 0.15) is 0 Å². The Morgan fingerprint density at radius 2 is 2.00 bits per heavy atom. The fraction of sp³-hybridized carbons (Fsp3) is 0.727. The molecule has 0 aliphatic heterocycles. The Labute approximate surface area is 81.0 Å². The number of hydrogen-bond acceptors (Lipinski definition) is 2. The molecule has 0 aromatic rings. The molecular formula is C11H20O2. The molecule has 0 rings (SSSR count). The zero-order chi connectivity index (χ0) is 9.94. The zero-order valence-electron chi connectivity index (χ0n) is 8.71. The van der Waals surface area contributed by atoms with E-state index in [1.54, 1.807) is 0 Å². The Morgan fingerprint density at radius 3 is 2.62 bits per heavy atom. The minimum atomic E-state index is -0.162. The van der Waals surface area contributed by atoms with Crippen molar-refractivity contribution in [2.45, 2.75) is 45.4 Å². The first-order valence-electron chi connectivity index (χ1n) is 5.03. The van der Waals surface area contributed by atoms with Crippen LogP contribution >= 0.6 is 0 Å². The molecule has 0 atom stereocenters. The van der Waals surface area contributed by atoms with Gasteiger partial charge in [-0.2, -0.15) is 0 Å². The maximum absolute atomic E-state index is 10.7. The van der Waals surface area contributed by atoms with Crippen LogP contribution in [0.2, 0.25) is 0 Å². The molecule has 0 aliphatic rings. The second-order valence-corrected chi connectivity index (χ2v) is 3.10. The maximum atomic E-state index is 10.7. The molecule has 0 aliphatic carbocycles.